The van der Waals surface area contributed by atoms with Crippen LogP contribution < -0.4 is 14.8 Å². The highest BCUT2D eigenvalue weighted by molar-refractivity contribution is 5.89. The van der Waals surface area contributed by atoms with Crippen LogP contribution in [0.25, 0.3) is 0 Å². The maximum Gasteiger partial charge on any atom is 0.308 e. The number of carbonyl (C=O) groups is 2. The van der Waals surface area contributed by atoms with Crippen molar-refractivity contribution in [2.24, 2.45) is 0 Å². The van der Waals surface area contributed by atoms with Crippen molar-refractivity contribution < 1.29 is 19.1 Å². The van der Waals surface area contributed by atoms with E-state index < -0.39 is 5.97 Å². The summed E-state index contributed by atoms with van der Waals surface area (Å²) in [5.74, 6) is 0.110. The van der Waals surface area contributed by atoms with Gasteiger partial charge in [-0.25, -0.2) is 0 Å². The summed E-state index contributed by atoms with van der Waals surface area (Å²) in [5, 5.41) is 2.60. The highest BCUT2D eigenvalue weighted by atomic mass is 16.6. The van der Waals surface area contributed by atoms with Crippen molar-refractivity contribution in [1.82, 2.24) is 0 Å². The Hall–Kier alpha value is -2.04. The van der Waals surface area contributed by atoms with Crippen molar-refractivity contribution in [2.45, 2.75) is 13.8 Å². The molecule has 0 fully saturated rings. The predicted octanol–water partition coefficient (Wildman–Crippen LogP) is 1.58. The summed E-state index contributed by atoms with van der Waals surface area (Å²) in [7, 11) is 1.46. The number of anilines is 1. The standard InChI is InChI=1S/C11H13NO4/c1-7(13)12-9-4-5-10(16-8(2)14)11(6-9)15-3/h4-6H,1-3H3,(H,12,13). The second kappa shape index (κ2) is 5.16. The van der Waals surface area contributed by atoms with Gasteiger partial charge in [0.05, 0.1) is 7.11 Å². The maximum atomic E-state index is 10.8. The molecule has 1 N–H and O–H groups in total. The number of ether oxygens (including phenoxy) is 2. The van der Waals surface area contributed by atoms with Crippen molar-refractivity contribution in [3.8, 4) is 11.5 Å². The Bertz CT molecular complexity index is 414. The van der Waals surface area contributed by atoms with Crippen LogP contribution in [0.4, 0.5) is 5.69 Å². The third-order valence-corrected chi connectivity index (χ3v) is 1.74. The molecule has 16 heavy (non-hydrogen) atoms. The number of carbonyl (C=O) groups excluding carboxylic acids is 2. The van der Waals surface area contributed by atoms with E-state index in [9.17, 15) is 9.59 Å². The van der Waals surface area contributed by atoms with Crippen LogP contribution in [-0.4, -0.2) is 19.0 Å². The number of esters is 1. The lowest BCUT2D eigenvalue weighted by atomic mass is 10.2. The molecule has 0 heterocycles. The Balaban J connectivity index is 2.96. The topological polar surface area (TPSA) is 64.6 Å². The van der Waals surface area contributed by atoms with Crippen LogP contribution >= 0.6 is 0 Å². The summed E-state index contributed by atoms with van der Waals surface area (Å²) >= 11 is 0. The van der Waals surface area contributed by atoms with E-state index in [1.165, 1.54) is 21.0 Å². The Morgan fingerprint density at radius 2 is 1.88 bits per heavy atom. The van der Waals surface area contributed by atoms with Gasteiger partial charge in [0.1, 0.15) is 0 Å². The third-order valence-electron chi connectivity index (χ3n) is 1.74. The van der Waals surface area contributed by atoms with Crippen molar-refractivity contribution in [2.75, 3.05) is 12.4 Å². The van der Waals surface area contributed by atoms with Gasteiger partial charge in [-0.3, -0.25) is 9.59 Å². The number of hydrogen-bond donors (Lipinski definition) is 1. The highest BCUT2D eigenvalue weighted by Gasteiger charge is 2.08. The number of amides is 1. The van der Waals surface area contributed by atoms with Crippen molar-refractivity contribution >= 4 is 17.6 Å². The summed E-state index contributed by atoms with van der Waals surface area (Å²) in [5.41, 5.74) is 0.584. The van der Waals surface area contributed by atoms with Crippen LogP contribution in [0.15, 0.2) is 18.2 Å². The van der Waals surface area contributed by atoms with Crippen molar-refractivity contribution in [1.29, 1.82) is 0 Å². The smallest absolute Gasteiger partial charge is 0.308 e. The summed E-state index contributed by atoms with van der Waals surface area (Å²) in [6.07, 6.45) is 0. The molecule has 5 nitrogen and oxygen atoms in total. The molecule has 1 amide bonds. The van der Waals surface area contributed by atoms with Crippen LogP contribution in [0.3, 0.4) is 0 Å². The molecular weight excluding hydrogens is 210 g/mol. The maximum absolute atomic E-state index is 10.8. The Morgan fingerprint density at radius 3 is 2.38 bits per heavy atom. The molecule has 1 rings (SSSR count). The minimum atomic E-state index is -0.425. The summed E-state index contributed by atoms with van der Waals surface area (Å²) in [6, 6.07) is 4.77. The van der Waals surface area contributed by atoms with E-state index in [1.807, 2.05) is 0 Å². The first-order valence-electron chi connectivity index (χ1n) is 4.67. The molecular formula is C11H13NO4. The normalized spacial score (nSPS) is 9.44. The molecule has 0 unspecified atom stereocenters. The second-order valence-electron chi connectivity index (χ2n) is 3.14. The van der Waals surface area contributed by atoms with E-state index in [0.29, 0.717) is 17.2 Å². The Kier molecular flexibility index (Phi) is 3.88. The first-order valence-corrected chi connectivity index (χ1v) is 4.67. The predicted molar refractivity (Wildman–Crippen MR) is 58.6 cm³/mol. The van der Waals surface area contributed by atoms with E-state index in [-0.39, 0.29) is 5.91 Å². The lowest BCUT2D eigenvalue weighted by Crippen LogP contribution is -2.07. The van der Waals surface area contributed by atoms with Gasteiger partial charge in [-0.05, 0) is 12.1 Å². The molecule has 0 saturated carbocycles. The van der Waals surface area contributed by atoms with Gasteiger partial charge in [0, 0.05) is 25.6 Å². The molecule has 0 saturated heterocycles. The molecule has 0 atom stereocenters. The number of benzene rings is 1. The fraction of sp³-hybridized carbons (Fsp3) is 0.273. The van der Waals surface area contributed by atoms with Crippen molar-refractivity contribution in [3.05, 3.63) is 18.2 Å². The SMILES string of the molecule is COc1cc(NC(C)=O)ccc1OC(C)=O. The van der Waals surface area contributed by atoms with Gasteiger partial charge in [-0.15, -0.1) is 0 Å². The fourth-order valence-corrected chi connectivity index (χ4v) is 1.19. The van der Waals surface area contributed by atoms with Gasteiger partial charge in [0.25, 0.3) is 0 Å². The molecule has 5 heteroatoms. The molecule has 0 aromatic heterocycles. The van der Waals surface area contributed by atoms with Crippen LogP contribution in [-0.2, 0) is 9.59 Å². The summed E-state index contributed by atoms with van der Waals surface area (Å²) in [4.78, 5) is 21.6. The third kappa shape index (κ3) is 3.27. The number of rotatable bonds is 3. The molecule has 0 radical (unpaired) electrons. The zero-order valence-electron chi connectivity index (χ0n) is 9.37. The number of nitrogens with one attached hydrogen (secondary N) is 1. The molecule has 0 spiro atoms. The second-order valence-corrected chi connectivity index (χ2v) is 3.14. The zero-order chi connectivity index (χ0) is 12.1. The van der Waals surface area contributed by atoms with E-state index >= 15 is 0 Å². The Labute approximate surface area is 93.4 Å². The van der Waals surface area contributed by atoms with E-state index in [4.69, 9.17) is 9.47 Å². The van der Waals surface area contributed by atoms with Crippen molar-refractivity contribution in [3.63, 3.8) is 0 Å². The lowest BCUT2D eigenvalue weighted by molar-refractivity contribution is -0.132. The lowest BCUT2D eigenvalue weighted by Gasteiger charge is -2.09. The quantitative estimate of drug-likeness (QED) is 0.624. The van der Waals surface area contributed by atoms with Gasteiger partial charge in [0.2, 0.25) is 5.91 Å². The average Bonchev–Trinajstić information content (AvgIpc) is 2.18. The number of methoxy groups -OCH3 is 1. The minimum absolute atomic E-state index is 0.178. The monoisotopic (exact) mass is 223 g/mol. The number of hydrogen-bond acceptors (Lipinski definition) is 4. The van der Waals surface area contributed by atoms with Gasteiger partial charge < -0.3 is 14.8 Å². The van der Waals surface area contributed by atoms with Crippen LogP contribution in [0, 0.1) is 0 Å². The molecule has 0 bridgehead atoms. The summed E-state index contributed by atoms with van der Waals surface area (Å²) in [6.45, 7) is 2.72. The molecule has 86 valence electrons. The molecule has 0 aliphatic carbocycles. The largest absolute Gasteiger partial charge is 0.493 e. The van der Waals surface area contributed by atoms with E-state index in [2.05, 4.69) is 5.32 Å². The molecule has 1 aromatic rings. The fourth-order valence-electron chi connectivity index (χ4n) is 1.19. The van der Waals surface area contributed by atoms with E-state index in [0.717, 1.165) is 0 Å². The molecule has 1 aromatic carbocycles. The van der Waals surface area contributed by atoms with Gasteiger partial charge in [-0.2, -0.15) is 0 Å². The minimum Gasteiger partial charge on any atom is -0.493 e. The van der Waals surface area contributed by atoms with Crippen LogP contribution in [0.1, 0.15) is 13.8 Å². The molecule has 0 aliphatic rings. The average molecular weight is 223 g/mol. The first kappa shape index (κ1) is 12.0. The zero-order valence-corrected chi connectivity index (χ0v) is 9.37. The highest BCUT2D eigenvalue weighted by Crippen LogP contribution is 2.30. The summed E-state index contributed by atoms with van der Waals surface area (Å²) < 4.78 is 9.96. The first-order chi connectivity index (χ1) is 7.52. The van der Waals surface area contributed by atoms with Gasteiger partial charge >= 0.3 is 5.97 Å². The van der Waals surface area contributed by atoms with Gasteiger partial charge in [-0.1, -0.05) is 0 Å². The van der Waals surface area contributed by atoms with Gasteiger partial charge in [0.15, 0.2) is 11.5 Å². The van der Waals surface area contributed by atoms with E-state index in [1.54, 1.807) is 18.2 Å². The Morgan fingerprint density at radius 1 is 1.19 bits per heavy atom. The van der Waals surface area contributed by atoms with Crippen LogP contribution in [0.2, 0.25) is 0 Å². The molecule has 0 aliphatic heterocycles. The van der Waals surface area contributed by atoms with Crippen LogP contribution in [0.5, 0.6) is 11.5 Å².